The van der Waals surface area contributed by atoms with Gasteiger partial charge in [0.2, 0.25) is 0 Å². The van der Waals surface area contributed by atoms with Crippen LogP contribution in [0.5, 0.6) is 0 Å². The van der Waals surface area contributed by atoms with Crippen LogP contribution in [0.2, 0.25) is 0 Å². The van der Waals surface area contributed by atoms with E-state index >= 15 is 0 Å². The molecule has 2 rings (SSSR count). The molecule has 0 aliphatic carbocycles. The van der Waals surface area contributed by atoms with E-state index in [-0.39, 0.29) is 11.5 Å². The smallest absolute Gasteiger partial charge is 0.269 e. The lowest BCUT2D eigenvalue weighted by Gasteiger charge is -2.13. The minimum absolute atomic E-state index is 0.0686. The van der Waals surface area contributed by atoms with Gasteiger partial charge < -0.3 is 10.6 Å². The number of aliphatic imine (C=N–C) groups is 1. The molecule has 0 aliphatic heterocycles. The lowest BCUT2D eigenvalue weighted by molar-refractivity contribution is -0.384. The molecule has 0 bridgehead atoms. The second-order valence-electron chi connectivity index (χ2n) is 5.84. The maximum atomic E-state index is 13.0. The minimum atomic E-state index is -0.417. The molecule has 27 heavy (non-hydrogen) atoms. The lowest BCUT2D eigenvalue weighted by atomic mass is 10.2. The van der Waals surface area contributed by atoms with E-state index in [1.807, 2.05) is 0 Å². The number of thioether (sulfide) groups is 1. The number of nitro benzene ring substituents is 1. The molecule has 0 saturated carbocycles. The van der Waals surface area contributed by atoms with Crippen molar-refractivity contribution in [3.05, 3.63) is 75.6 Å². The fourth-order valence-corrected chi connectivity index (χ4v) is 2.71. The zero-order valence-corrected chi connectivity index (χ0v) is 16.0. The van der Waals surface area contributed by atoms with E-state index in [4.69, 9.17) is 0 Å². The van der Waals surface area contributed by atoms with Crippen molar-refractivity contribution in [2.75, 3.05) is 18.6 Å². The molecule has 2 aromatic carbocycles. The van der Waals surface area contributed by atoms with Crippen LogP contribution in [-0.2, 0) is 13.1 Å². The fourth-order valence-electron chi connectivity index (χ4n) is 2.28. The Bertz CT molecular complexity index is 751. The maximum absolute atomic E-state index is 13.0. The summed E-state index contributed by atoms with van der Waals surface area (Å²) in [6, 6.07) is 12.7. The van der Waals surface area contributed by atoms with Gasteiger partial charge >= 0.3 is 0 Å². The van der Waals surface area contributed by atoms with E-state index in [1.54, 1.807) is 36.0 Å². The first-order valence-corrected chi connectivity index (χ1v) is 9.97. The third-order valence-electron chi connectivity index (χ3n) is 3.76. The molecule has 0 radical (unpaired) electrons. The molecule has 0 spiro atoms. The average molecular weight is 390 g/mol. The van der Waals surface area contributed by atoms with Crippen LogP contribution in [0.1, 0.15) is 17.5 Å². The Labute approximate surface area is 162 Å². The normalized spacial score (nSPS) is 11.3. The van der Waals surface area contributed by atoms with Crippen molar-refractivity contribution >= 4 is 23.4 Å². The summed E-state index contributed by atoms with van der Waals surface area (Å²) in [6.45, 7) is 1.71. The molecule has 0 heterocycles. The molecule has 0 unspecified atom stereocenters. The molecular weight excluding hydrogens is 367 g/mol. The predicted octanol–water partition coefficient (Wildman–Crippen LogP) is 3.72. The van der Waals surface area contributed by atoms with Crippen LogP contribution in [0.15, 0.2) is 53.5 Å². The number of nitrogens with zero attached hydrogens (tertiary/aromatic N) is 2. The van der Waals surface area contributed by atoms with Crippen LogP contribution in [0, 0.1) is 15.9 Å². The second kappa shape index (κ2) is 11.2. The summed E-state index contributed by atoms with van der Waals surface area (Å²) in [5.74, 6) is 1.44. The molecule has 6 nitrogen and oxygen atoms in total. The molecule has 2 aromatic rings. The van der Waals surface area contributed by atoms with Crippen LogP contribution >= 0.6 is 11.8 Å². The molecule has 8 heteroatoms. The van der Waals surface area contributed by atoms with E-state index in [2.05, 4.69) is 21.9 Å². The molecule has 0 saturated heterocycles. The van der Waals surface area contributed by atoms with Crippen molar-refractivity contribution < 1.29 is 9.31 Å². The Balaban J connectivity index is 1.96. The van der Waals surface area contributed by atoms with Gasteiger partial charge in [0.15, 0.2) is 5.96 Å². The standard InChI is InChI=1S/C19H23FN4O2S/c1-27-12-2-11-21-19(22-13-15-3-7-17(20)8-4-15)23-14-16-5-9-18(10-6-16)24(25)26/h3-10H,2,11-14H2,1H3,(H2,21,22,23). The highest BCUT2D eigenvalue weighted by Crippen LogP contribution is 2.11. The number of guanidine groups is 1. The van der Waals surface area contributed by atoms with Crippen LogP contribution in [0.25, 0.3) is 0 Å². The van der Waals surface area contributed by atoms with Crippen LogP contribution in [-0.4, -0.2) is 29.4 Å². The highest BCUT2D eigenvalue weighted by Gasteiger charge is 2.05. The summed E-state index contributed by atoms with van der Waals surface area (Å²) in [4.78, 5) is 14.8. The number of non-ortho nitro benzene ring substituents is 1. The van der Waals surface area contributed by atoms with Crippen molar-refractivity contribution in [1.82, 2.24) is 10.6 Å². The van der Waals surface area contributed by atoms with Crippen molar-refractivity contribution in [3.63, 3.8) is 0 Å². The van der Waals surface area contributed by atoms with Gasteiger partial charge in [-0.05, 0) is 41.7 Å². The Hall–Kier alpha value is -2.61. The lowest BCUT2D eigenvalue weighted by Crippen LogP contribution is -2.37. The minimum Gasteiger partial charge on any atom is -0.356 e. The van der Waals surface area contributed by atoms with Crippen molar-refractivity contribution in [2.45, 2.75) is 19.5 Å². The Morgan fingerprint density at radius 2 is 1.78 bits per heavy atom. The molecule has 0 fully saturated rings. The first kappa shape index (κ1) is 20.7. The van der Waals surface area contributed by atoms with Gasteiger partial charge in [0.05, 0.1) is 11.5 Å². The third kappa shape index (κ3) is 7.65. The van der Waals surface area contributed by atoms with Gasteiger partial charge in [-0.1, -0.05) is 24.3 Å². The highest BCUT2D eigenvalue weighted by molar-refractivity contribution is 7.98. The topological polar surface area (TPSA) is 79.6 Å². The average Bonchev–Trinajstić information content (AvgIpc) is 2.68. The summed E-state index contributed by atoms with van der Waals surface area (Å²) >= 11 is 1.79. The summed E-state index contributed by atoms with van der Waals surface area (Å²) in [5.41, 5.74) is 1.90. The van der Waals surface area contributed by atoms with Crippen LogP contribution in [0.4, 0.5) is 10.1 Å². The number of nitrogens with one attached hydrogen (secondary N) is 2. The van der Waals surface area contributed by atoms with Crippen LogP contribution < -0.4 is 10.6 Å². The van der Waals surface area contributed by atoms with Crippen LogP contribution in [0.3, 0.4) is 0 Å². The Morgan fingerprint density at radius 1 is 1.11 bits per heavy atom. The summed E-state index contributed by atoms with van der Waals surface area (Å²) < 4.78 is 13.0. The van der Waals surface area contributed by atoms with Gasteiger partial charge in [-0.25, -0.2) is 9.38 Å². The molecule has 2 N–H and O–H groups in total. The third-order valence-corrected chi connectivity index (χ3v) is 4.45. The van der Waals surface area contributed by atoms with E-state index in [0.717, 1.165) is 29.8 Å². The van der Waals surface area contributed by atoms with Gasteiger partial charge in [-0.2, -0.15) is 11.8 Å². The first-order valence-electron chi connectivity index (χ1n) is 8.57. The predicted molar refractivity (Wildman–Crippen MR) is 108 cm³/mol. The van der Waals surface area contributed by atoms with Gasteiger partial charge in [0.25, 0.3) is 5.69 Å². The summed E-state index contributed by atoms with van der Waals surface area (Å²) in [6.07, 6.45) is 3.08. The van der Waals surface area contributed by atoms with Crippen molar-refractivity contribution in [1.29, 1.82) is 0 Å². The Kier molecular flexibility index (Phi) is 8.57. The van der Waals surface area contributed by atoms with E-state index < -0.39 is 4.92 Å². The van der Waals surface area contributed by atoms with E-state index in [9.17, 15) is 14.5 Å². The van der Waals surface area contributed by atoms with Gasteiger partial charge in [-0.3, -0.25) is 10.1 Å². The number of rotatable bonds is 9. The maximum Gasteiger partial charge on any atom is 0.269 e. The van der Waals surface area contributed by atoms with Gasteiger partial charge in [-0.15, -0.1) is 0 Å². The largest absolute Gasteiger partial charge is 0.356 e. The van der Waals surface area contributed by atoms with Gasteiger partial charge in [0, 0.05) is 25.2 Å². The van der Waals surface area contributed by atoms with E-state index in [1.165, 1.54) is 24.3 Å². The zero-order valence-electron chi connectivity index (χ0n) is 15.2. The summed E-state index contributed by atoms with van der Waals surface area (Å²) in [5, 5.41) is 17.2. The Morgan fingerprint density at radius 3 is 2.41 bits per heavy atom. The SMILES string of the molecule is CSCCCNC(=NCc1ccc(F)cc1)NCc1ccc([N+](=O)[O-])cc1. The number of hydrogen-bond acceptors (Lipinski definition) is 4. The summed E-state index contributed by atoms with van der Waals surface area (Å²) in [7, 11) is 0. The highest BCUT2D eigenvalue weighted by atomic mass is 32.2. The fraction of sp³-hybridized carbons (Fsp3) is 0.316. The number of benzene rings is 2. The molecule has 0 aliphatic rings. The molecule has 144 valence electrons. The van der Waals surface area contributed by atoms with Crippen molar-refractivity contribution in [2.24, 2.45) is 4.99 Å². The van der Waals surface area contributed by atoms with Crippen molar-refractivity contribution in [3.8, 4) is 0 Å². The zero-order chi connectivity index (χ0) is 19.5. The molecule has 0 aromatic heterocycles. The molecule has 0 amide bonds. The first-order chi connectivity index (χ1) is 13.1. The molecular formula is C19H23FN4O2S. The monoisotopic (exact) mass is 390 g/mol. The van der Waals surface area contributed by atoms with E-state index in [0.29, 0.717) is 19.0 Å². The quantitative estimate of drug-likeness (QED) is 0.224. The van der Waals surface area contributed by atoms with Gasteiger partial charge in [0.1, 0.15) is 5.82 Å². The number of hydrogen-bond donors (Lipinski definition) is 2. The molecule has 0 atom stereocenters. The number of nitro groups is 1. The second-order valence-corrected chi connectivity index (χ2v) is 6.83. The number of halogens is 1.